The SMILES string of the molecule is CC(O)CCn1nc(N)ccc1=O. The molecule has 0 aliphatic rings. The lowest BCUT2D eigenvalue weighted by Crippen LogP contribution is -2.24. The van der Waals surface area contributed by atoms with E-state index >= 15 is 0 Å². The fourth-order valence-electron chi connectivity index (χ4n) is 0.934. The van der Waals surface area contributed by atoms with E-state index in [9.17, 15) is 4.79 Å². The van der Waals surface area contributed by atoms with Crippen LogP contribution in [-0.4, -0.2) is 21.0 Å². The van der Waals surface area contributed by atoms with Crippen LogP contribution in [0.25, 0.3) is 0 Å². The number of hydrogen-bond donors (Lipinski definition) is 2. The summed E-state index contributed by atoms with van der Waals surface area (Å²) < 4.78 is 1.25. The first kappa shape index (κ1) is 9.73. The van der Waals surface area contributed by atoms with Gasteiger partial charge in [-0.2, -0.15) is 5.10 Å². The van der Waals surface area contributed by atoms with Crippen LogP contribution in [0.5, 0.6) is 0 Å². The number of aliphatic hydroxyl groups excluding tert-OH is 1. The number of nitrogens with two attached hydrogens (primary N) is 1. The molecule has 0 radical (unpaired) electrons. The van der Waals surface area contributed by atoms with Gasteiger partial charge < -0.3 is 10.8 Å². The van der Waals surface area contributed by atoms with Gasteiger partial charge in [-0.1, -0.05) is 0 Å². The average Bonchev–Trinajstić information content (AvgIpc) is 2.06. The van der Waals surface area contributed by atoms with Crippen LogP contribution >= 0.6 is 0 Å². The molecule has 0 aliphatic carbocycles. The maximum atomic E-state index is 11.1. The Labute approximate surface area is 75.8 Å². The van der Waals surface area contributed by atoms with Crippen molar-refractivity contribution in [1.29, 1.82) is 0 Å². The number of aryl methyl sites for hydroxylation is 1. The van der Waals surface area contributed by atoms with Crippen LogP contribution < -0.4 is 11.3 Å². The summed E-state index contributed by atoms with van der Waals surface area (Å²) in [7, 11) is 0. The molecule has 1 atom stereocenters. The quantitative estimate of drug-likeness (QED) is 0.668. The summed E-state index contributed by atoms with van der Waals surface area (Å²) in [5.74, 6) is 0.310. The molecule has 1 aromatic rings. The molecule has 0 saturated heterocycles. The van der Waals surface area contributed by atoms with Gasteiger partial charge in [0.25, 0.3) is 5.56 Å². The molecule has 72 valence electrons. The molecule has 0 spiro atoms. The van der Waals surface area contributed by atoms with E-state index in [0.717, 1.165) is 0 Å². The van der Waals surface area contributed by atoms with E-state index in [1.165, 1.54) is 16.8 Å². The molecule has 5 nitrogen and oxygen atoms in total. The molecule has 0 saturated carbocycles. The number of rotatable bonds is 3. The van der Waals surface area contributed by atoms with Gasteiger partial charge in [-0.15, -0.1) is 0 Å². The van der Waals surface area contributed by atoms with Crippen LogP contribution in [0.3, 0.4) is 0 Å². The van der Waals surface area contributed by atoms with E-state index in [1.807, 2.05) is 0 Å². The van der Waals surface area contributed by atoms with Crippen LogP contribution in [0, 0.1) is 0 Å². The van der Waals surface area contributed by atoms with Crippen molar-refractivity contribution in [3.63, 3.8) is 0 Å². The van der Waals surface area contributed by atoms with E-state index in [-0.39, 0.29) is 5.56 Å². The van der Waals surface area contributed by atoms with Gasteiger partial charge >= 0.3 is 0 Å². The lowest BCUT2D eigenvalue weighted by atomic mass is 10.3. The van der Waals surface area contributed by atoms with E-state index in [4.69, 9.17) is 10.8 Å². The molecule has 0 aromatic carbocycles. The number of nitrogen functional groups attached to an aromatic ring is 1. The van der Waals surface area contributed by atoms with Crippen molar-refractivity contribution in [1.82, 2.24) is 9.78 Å². The van der Waals surface area contributed by atoms with Crippen molar-refractivity contribution in [2.24, 2.45) is 0 Å². The van der Waals surface area contributed by atoms with Crippen molar-refractivity contribution in [3.05, 3.63) is 22.5 Å². The van der Waals surface area contributed by atoms with Crippen molar-refractivity contribution >= 4 is 5.82 Å². The Morgan fingerprint density at radius 3 is 3.00 bits per heavy atom. The number of nitrogens with zero attached hydrogens (tertiary/aromatic N) is 2. The Kier molecular flexibility index (Phi) is 3.02. The Bertz CT molecular complexity index is 332. The highest BCUT2D eigenvalue weighted by molar-refractivity contribution is 5.23. The molecule has 1 aromatic heterocycles. The molecule has 1 heterocycles. The highest BCUT2D eigenvalue weighted by Gasteiger charge is 2.00. The first-order valence-electron chi connectivity index (χ1n) is 4.11. The van der Waals surface area contributed by atoms with Gasteiger partial charge in [0.2, 0.25) is 0 Å². The first-order chi connectivity index (χ1) is 6.09. The van der Waals surface area contributed by atoms with Crippen LogP contribution in [0.2, 0.25) is 0 Å². The zero-order chi connectivity index (χ0) is 9.84. The molecule has 5 heteroatoms. The van der Waals surface area contributed by atoms with E-state index in [2.05, 4.69) is 5.10 Å². The normalized spacial score (nSPS) is 12.8. The Morgan fingerprint density at radius 2 is 2.38 bits per heavy atom. The summed E-state index contributed by atoms with van der Waals surface area (Å²) in [6.07, 6.45) is 0.0613. The number of anilines is 1. The Morgan fingerprint density at radius 1 is 1.69 bits per heavy atom. The van der Waals surface area contributed by atoms with Gasteiger partial charge in [0.05, 0.1) is 6.10 Å². The second-order valence-corrected chi connectivity index (χ2v) is 2.96. The monoisotopic (exact) mass is 183 g/mol. The highest BCUT2D eigenvalue weighted by atomic mass is 16.3. The van der Waals surface area contributed by atoms with Crippen molar-refractivity contribution < 1.29 is 5.11 Å². The maximum absolute atomic E-state index is 11.1. The zero-order valence-electron chi connectivity index (χ0n) is 7.47. The van der Waals surface area contributed by atoms with Crippen molar-refractivity contribution in [2.45, 2.75) is 26.0 Å². The van der Waals surface area contributed by atoms with Gasteiger partial charge in [-0.3, -0.25) is 4.79 Å². The molecule has 13 heavy (non-hydrogen) atoms. The number of aliphatic hydroxyl groups is 1. The summed E-state index contributed by atoms with van der Waals surface area (Å²) in [5.41, 5.74) is 5.20. The standard InChI is InChI=1S/C8H13N3O2/c1-6(12)4-5-11-8(13)3-2-7(9)10-11/h2-3,6,12H,4-5H2,1H3,(H2,9,10). The maximum Gasteiger partial charge on any atom is 0.266 e. The topological polar surface area (TPSA) is 81.1 Å². The summed E-state index contributed by atoms with van der Waals surface area (Å²) in [6, 6.07) is 2.82. The smallest absolute Gasteiger partial charge is 0.266 e. The third-order valence-corrected chi connectivity index (χ3v) is 1.65. The molecule has 0 fully saturated rings. The minimum atomic E-state index is -0.435. The average molecular weight is 183 g/mol. The summed E-state index contributed by atoms with van der Waals surface area (Å²) in [5, 5.41) is 12.8. The summed E-state index contributed by atoms with van der Waals surface area (Å²) >= 11 is 0. The molecule has 0 aliphatic heterocycles. The van der Waals surface area contributed by atoms with Crippen LogP contribution in [0.15, 0.2) is 16.9 Å². The van der Waals surface area contributed by atoms with E-state index in [0.29, 0.717) is 18.8 Å². The largest absolute Gasteiger partial charge is 0.393 e. The Hall–Kier alpha value is -1.36. The van der Waals surface area contributed by atoms with Crippen molar-refractivity contribution in [3.8, 4) is 0 Å². The third-order valence-electron chi connectivity index (χ3n) is 1.65. The molecular weight excluding hydrogens is 170 g/mol. The molecule has 0 bridgehead atoms. The van der Waals surface area contributed by atoms with Crippen LogP contribution in [0.4, 0.5) is 5.82 Å². The fraction of sp³-hybridized carbons (Fsp3) is 0.500. The molecule has 1 rings (SSSR count). The van der Waals surface area contributed by atoms with Gasteiger partial charge in [0.1, 0.15) is 5.82 Å². The second kappa shape index (κ2) is 4.04. The van der Waals surface area contributed by atoms with Gasteiger partial charge in [-0.05, 0) is 19.4 Å². The number of hydrogen-bond acceptors (Lipinski definition) is 4. The minimum Gasteiger partial charge on any atom is -0.393 e. The fourth-order valence-corrected chi connectivity index (χ4v) is 0.934. The second-order valence-electron chi connectivity index (χ2n) is 2.96. The molecule has 0 amide bonds. The van der Waals surface area contributed by atoms with Crippen molar-refractivity contribution in [2.75, 3.05) is 5.73 Å². The van der Waals surface area contributed by atoms with Gasteiger partial charge in [0.15, 0.2) is 0 Å². The summed E-state index contributed by atoms with van der Waals surface area (Å²) in [4.78, 5) is 11.1. The molecule has 3 N–H and O–H groups in total. The first-order valence-corrected chi connectivity index (χ1v) is 4.11. The lowest BCUT2D eigenvalue weighted by molar-refractivity contribution is 0.175. The predicted molar refractivity (Wildman–Crippen MR) is 49.2 cm³/mol. The zero-order valence-corrected chi connectivity index (χ0v) is 7.47. The predicted octanol–water partition coefficient (Wildman–Crippen LogP) is -0.404. The highest BCUT2D eigenvalue weighted by Crippen LogP contribution is 1.94. The summed E-state index contributed by atoms with van der Waals surface area (Å²) in [6.45, 7) is 2.05. The van der Waals surface area contributed by atoms with E-state index in [1.54, 1.807) is 6.92 Å². The third kappa shape index (κ3) is 2.87. The Balaban J connectivity index is 2.76. The molecular formula is C8H13N3O2. The van der Waals surface area contributed by atoms with Gasteiger partial charge in [-0.25, -0.2) is 4.68 Å². The van der Waals surface area contributed by atoms with E-state index < -0.39 is 6.10 Å². The molecule has 1 unspecified atom stereocenters. The lowest BCUT2D eigenvalue weighted by Gasteiger charge is -2.05. The minimum absolute atomic E-state index is 0.199. The van der Waals surface area contributed by atoms with Crippen LogP contribution in [0.1, 0.15) is 13.3 Å². The van der Waals surface area contributed by atoms with Gasteiger partial charge in [0, 0.05) is 12.6 Å². The van der Waals surface area contributed by atoms with Crippen LogP contribution in [-0.2, 0) is 6.54 Å². The number of aromatic nitrogens is 2.